The molecule has 2 aliphatic heterocycles. The van der Waals surface area contributed by atoms with Crippen LogP contribution in [0.1, 0.15) is 24.5 Å². The maximum atomic E-state index is 12.1. The molecule has 2 aromatic rings. The summed E-state index contributed by atoms with van der Waals surface area (Å²) in [5.74, 6) is -0.634. The van der Waals surface area contributed by atoms with Crippen molar-refractivity contribution in [2.45, 2.75) is 31.8 Å². The van der Waals surface area contributed by atoms with Crippen LogP contribution in [0, 0.1) is 0 Å². The summed E-state index contributed by atoms with van der Waals surface area (Å²) >= 11 is 18.3. The second-order valence-electron chi connectivity index (χ2n) is 8.21. The van der Waals surface area contributed by atoms with E-state index in [4.69, 9.17) is 39.5 Å². The highest BCUT2D eigenvalue weighted by molar-refractivity contribution is 6.44. The Morgan fingerprint density at radius 1 is 1.09 bits per heavy atom. The molecule has 1 fully saturated rings. The number of fused-ring (bicyclic) bond motifs is 2. The molecule has 2 aromatic carbocycles. The fraction of sp³-hybridized carbons (Fsp3) is 0.333. The number of rotatable bonds is 6. The van der Waals surface area contributed by atoms with Crippen LogP contribution in [0.15, 0.2) is 42.0 Å². The number of hydrogen-bond acceptors (Lipinski definition) is 4. The van der Waals surface area contributed by atoms with Gasteiger partial charge in [-0.1, -0.05) is 59.1 Å². The van der Waals surface area contributed by atoms with Crippen molar-refractivity contribution in [2.75, 3.05) is 19.7 Å². The van der Waals surface area contributed by atoms with Crippen molar-refractivity contribution in [3.63, 3.8) is 0 Å². The molecule has 2 atom stereocenters. The monoisotopic (exact) mass is 508 g/mol. The van der Waals surface area contributed by atoms with Gasteiger partial charge >= 0.3 is 5.97 Å². The third-order valence-electron chi connectivity index (χ3n) is 6.02. The Bertz CT molecular complexity index is 1120. The molecule has 2 N–H and O–H groups in total. The van der Waals surface area contributed by atoms with Gasteiger partial charge < -0.3 is 20.1 Å². The first-order valence-electron chi connectivity index (χ1n) is 10.6. The maximum Gasteiger partial charge on any atom is 0.333 e. The molecule has 0 saturated carbocycles. The number of carboxylic acid groups (broad SMARTS) is 1. The van der Waals surface area contributed by atoms with Crippen molar-refractivity contribution in [1.82, 2.24) is 10.2 Å². The summed E-state index contributed by atoms with van der Waals surface area (Å²) in [5.41, 5.74) is 3.06. The molecule has 0 radical (unpaired) electrons. The topological polar surface area (TPSA) is 78.9 Å². The van der Waals surface area contributed by atoms with Crippen molar-refractivity contribution in [3.8, 4) is 5.75 Å². The summed E-state index contributed by atoms with van der Waals surface area (Å²) < 4.78 is 5.75. The third kappa shape index (κ3) is 5.14. The molecule has 0 spiro atoms. The molecule has 1 saturated heterocycles. The summed E-state index contributed by atoms with van der Waals surface area (Å²) in [7, 11) is 0. The van der Waals surface area contributed by atoms with Crippen molar-refractivity contribution >= 4 is 52.3 Å². The average molecular weight is 510 g/mol. The summed E-state index contributed by atoms with van der Waals surface area (Å²) in [6, 6.07) is 10.7. The molecule has 0 aromatic heterocycles. The van der Waals surface area contributed by atoms with E-state index in [1.807, 2.05) is 24.3 Å². The number of amides is 1. The van der Waals surface area contributed by atoms with Gasteiger partial charge in [-0.05, 0) is 35.3 Å². The average Bonchev–Trinajstić information content (AvgIpc) is 2.78. The van der Waals surface area contributed by atoms with Gasteiger partial charge in [-0.25, -0.2) is 4.79 Å². The Hall–Kier alpha value is -2.25. The number of halogens is 3. The third-order valence-corrected chi connectivity index (χ3v) is 7.11. The molecule has 0 aliphatic carbocycles. The molecule has 2 heterocycles. The largest absolute Gasteiger partial charge is 0.490 e. The Morgan fingerprint density at radius 2 is 1.79 bits per heavy atom. The second-order valence-corrected chi connectivity index (χ2v) is 9.40. The molecule has 1 amide bonds. The van der Waals surface area contributed by atoms with E-state index in [1.54, 1.807) is 17.0 Å². The van der Waals surface area contributed by atoms with Crippen molar-refractivity contribution < 1.29 is 19.4 Å². The van der Waals surface area contributed by atoms with Gasteiger partial charge in [0.05, 0.1) is 28.3 Å². The highest BCUT2D eigenvalue weighted by atomic mass is 35.5. The molecular formula is C24H23Cl3N2O4. The quantitative estimate of drug-likeness (QED) is 0.552. The van der Waals surface area contributed by atoms with E-state index in [-0.39, 0.29) is 23.0 Å². The molecule has 33 heavy (non-hydrogen) atoms. The van der Waals surface area contributed by atoms with Crippen LogP contribution in [-0.2, 0) is 16.0 Å². The number of nitrogens with one attached hydrogen (secondary N) is 1. The van der Waals surface area contributed by atoms with Gasteiger partial charge in [-0.3, -0.25) is 4.79 Å². The van der Waals surface area contributed by atoms with Crippen LogP contribution >= 0.6 is 34.8 Å². The van der Waals surface area contributed by atoms with Gasteiger partial charge in [0.2, 0.25) is 5.91 Å². The zero-order chi connectivity index (χ0) is 23.7. The van der Waals surface area contributed by atoms with E-state index in [2.05, 4.69) is 5.32 Å². The van der Waals surface area contributed by atoms with Crippen molar-refractivity contribution in [2.24, 2.45) is 0 Å². The minimum absolute atomic E-state index is 0.0334. The number of aliphatic carboxylic acids is 1. The van der Waals surface area contributed by atoms with E-state index < -0.39 is 5.97 Å². The standard InChI is InChI=1S/C24H23Cl3N2O4/c1-13(30)29-11-16-10-17(21(24(31)32)20(12-29)28-16)15-4-2-14(3-5-15)8-9-33-23-19(26)7-6-18(25)22(23)27/h2-7,16,20,28H,8-12H2,1H3,(H,31,32)/t16?,20-/m1/s1. The number of carbonyl (C=O) groups excluding carboxylic acids is 1. The molecule has 1 unspecified atom stereocenters. The summed E-state index contributed by atoms with van der Waals surface area (Å²) in [6.45, 7) is 2.81. The van der Waals surface area contributed by atoms with Gasteiger partial charge in [0.15, 0.2) is 5.75 Å². The SMILES string of the molecule is CC(=O)N1CC2CC(c3ccc(CCOc4c(Cl)ccc(Cl)c4Cl)cc3)=C(C(=O)O)[C@@H](C1)N2. The van der Waals surface area contributed by atoms with Gasteiger partial charge in [-0.2, -0.15) is 0 Å². The fourth-order valence-corrected chi connectivity index (χ4v) is 5.04. The Morgan fingerprint density at radius 3 is 2.45 bits per heavy atom. The summed E-state index contributed by atoms with van der Waals surface area (Å²) in [5, 5.41) is 14.3. The lowest BCUT2D eigenvalue weighted by Gasteiger charge is -2.43. The first-order valence-corrected chi connectivity index (χ1v) is 11.7. The van der Waals surface area contributed by atoms with Gasteiger partial charge in [-0.15, -0.1) is 0 Å². The van der Waals surface area contributed by atoms with Crippen LogP contribution in [0.4, 0.5) is 0 Å². The van der Waals surface area contributed by atoms with E-state index >= 15 is 0 Å². The fourth-order valence-electron chi connectivity index (χ4n) is 4.41. The second kappa shape index (κ2) is 9.94. The number of hydrogen-bond donors (Lipinski definition) is 2. The lowest BCUT2D eigenvalue weighted by atomic mass is 9.83. The van der Waals surface area contributed by atoms with Crippen LogP contribution in [0.2, 0.25) is 15.1 Å². The lowest BCUT2D eigenvalue weighted by molar-refractivity contribution is -0.135. The van der Waals surface area contributed by atoms with Gasteiger partial charge in [0.25, 0.3) is 0 Å². The van der Waals surface area contributed by atoms with E-state index in [9.17, 15) is 14.7 Å². The normalized spacial score (nSPS) is 20.1. The first kappa shape index (κ1) is 23.9. The van der Waals surface area contributed by atoms with Crippen LogP contribution in [0.25, 0.3) is 5.57 Å². The van der Waals surface area contributed by atoms with E-state index in [0.717, 1.165) is 16.7 Å². The molecule has 9 heteroatoms. The molecule has 2 aliphatic rings. The zero-order valence-corrected chi connectivity index (χ0v) is 20.2. The molecule has 6 nitrogen and oxygen atoms in total. The summed E-state index contributed by atoms with van der Waals surface area (Å²) in [4.78, 5) is 25.6. The number of piperazine rings is 1. The highest BCUT2D eigenvalue weighted by Gasteiger charge is 2.39. The lowest BCUT2D eigenvalue weighted by Crippen LogP contribution is -2.61. The smallest absolute Gasteiger partial charge is 0.333 e. The predicted molar refractivity (Wildman–Crippen MR) is 129 cm³/mol. The first-order chi connectivity index (χ1) is 15.7. The minimum atomic E-state index is -0.959. The van der Waals surface area contributed by atoms with Gasteiger partial charge in [0, 0.05) is 32.5 Å². The number of ether oxygens (including phenoxy) is 1. The molecule has 174 valence electrons. The van der Waals surface area contributed by atoms with Crippen LogP contribution in [-0.4, -0.2) is 53.7 Å². The van der Waals surface area contributed by atoms with Crippen LogP contribution < -0.4 is 10.1 Å². The number of benzene rings is 2. The molecule has 4 rings (SSSR count). The molecular weight excluding hydrogens is 487 g/mol. The van der Waals surface area contributed by atoms with E-state index in [0.29, 0.717) is 53.9 Å². The van der Waals surface area contributed by atoms with Crippen LogP contribution in [0.3, 0.4) is 0 Å². The van der Waals surface area contributed by atoms with E-state index in [1.165, 1.54) is 6.92 Å². The Balaban J connectivity index is 1.48. The highest BCUT2D eigenvalue weighted by Crippen LogP contribution is 2.38. The minimum Gasteiger partial charge on any atom is -0.490 e. The zero-order valence-electron chi connectivity index (χ0n) is 17.9. The van der Waals surface area contributed by atoms with Crippen molar-refractivity contribution in [3.05, 3.63) is 68.2 Å². The maximum absolute atomic E-state index is 12.1. The van der Waals surface area contributed by atoms with Crippen molar-refractivity contribution in [1.29, 1.82) is 0 Å². The Labute approximate surface area is 207 Å². The number of nitrogens with zero attached hydrogens (tertiary/aromatic N) is 1. The number of carboxylic acids is 1. The van der Waals surface area contributed by atoms with Gasteiger partial charge in [0.1, 0.15) is 5.02 Å². The predicted octanol–water partition coefficient (Wildman–Crippen LogP) is 4.70. The Kier molecular flexibility index (Phi) is 7.19. The number of carbonyl (C=O) groups is 2. The summed E-state index contributed by atoms with van der Waals surface area (Å²) in [6.07, 6.45) is 1.17. The molecule has 2 bridgehead atoms. The van der Waals surface area contributed by atoms with Crippen LogP contribution in [0.5, 0.6) is 5.75 Å².